The highest BCUT2D eigenvalue weighted by Crippen LogP contribution is 2.37. The summed E-state index contributed by atoms with van der Waals surface area (Å²) in [5.74, 6) is 1.08. The Hall–Kier alpha value is -4.78. The zero-order valence-corrected chi connectivity index (χ0v) is 26.8. The standard InChI is InChI=1S/C34H35F6N5O5/c35-33(36,37)24-18-22(19-25(21-24)34(38,39)40)20-29(30(47)41-11-3-12-43-13-9-27(46)10-14-43)50-32(49)44-15-7-26(8-16-44)45-17-6-23-4-1-2-5-28(23)42-31(45)48/h1-2,4-5,12,18-19,21,26-27,29,46H,6-10,13-17,20H2,(H,42,48)/t29-/m1/s1. The molecule has 4 amide bonds. The second kappa shape index (κ2) is 15.4. The fraction of sp³-hybridized carbons (Fsp3) is 0.471. The molecular weight excluding hydrogens is 672 g/mol. The fourth-order valence-electron chi connectivity index (χ4n) is 6.12. The number of alkyl halides is 6. The summed E-state index contributed by atoms with van der Waals surface area (Å²) in [4.78, 5) is 47.7. The highest BCUT2D eigenvalue weighted by Gasteiger charge is 2.38. The van der Waals surface area contributed by atoms with Gasteiger partial charge in [-0.25, -0.2) is 9.59 Å². The van der Waals surface area contributed by atoms with Crippen LogP contribution in [-0.2, 0) is 34.7 Å². The van der Waals surface area contributed by atoms with Crippen molar-refractivity contribution in [2.24, 2.45) is 4.99 Å². The molecule has 0 radical (unpaired) electrons. The first-order valence-corrected chi connectivity index (χ1v) is 16.1. The summed E-state index contributed by atoms with van der Waals surface area (Å²) in [6.45, 7) is 1.69. The largest absolute Gasteiger partial charge is 0.435 e. The number of aliphatic hydroxyl groups excluding tert-OH is 1. The predicted octanol–water partition coefficient (Wildman–Crippen LogP) is 5.65. The number of piperidine rings is 2. The summed E-state index contributed by atoms with van der Waals surface area (Å²) in [6, 6.07) is 7.83. The Balaban J connectivity index is 1.30. The monoisotopic (exact) mass is 707 g/mol. The molecule has 0 unspecified atom stereocenters. The molecule has 0 spiro atoms. The third-order valence-corrected chi connectivity index (χ3v) is 8.87. The molecule has 0 aromatic heterocycles. The van der Waals surface area contributed by atoms with E-state index < -0.39 is 59.7 Å². The van der Waals surface area contributed by atoms with E-state index in [1.807, 2.05) is 24.3 Å². The number of carbonyl (C=O) groups excluding carboxylic acids is 3. The summed E-state index contributed by atoms with van der Waals surface area (Å²) >= 11 is 0. The number of aliphatic imine (C=N–C) groups is 1. The van der Waals surface area contributed by atoms with Crippen molar-refractivity contribution in [3.63, 3.8) is 0 Å². The number of likely N-dealkylation sites (tertiary alicyclic amines) is 2. The zero-order chi connectivity index (χ0) is 36.1. The van der Waals surface area contributed by atoms with Gasteiger partial charge in [0.05, 0.1) is 23.4 Å². The lowest BCUT2D eigenvalue weighted by atomic mass is 10.00. The maximum Gasteiger partial charge on any atom is 0.416 e. The van der Waals surface area contributed by atoms with Crippen LogP contribution < -0.4 is 5.32 Å². The number of rotatable bonds is 6. The SMILES string of the molecule is O=C(N=C=C=CN1CCC(O)CC1)[C@@H](Cc1cc(C(F)(F)F)cc(C(F)(F)F)c1)OC(=O)N1CCC(N2CCc3ccccc3NC2=O)CC1. The summed E-state index contributed by atoms with van der Waals surface area (Å²) in [5.41, 5.74) is 0.535. The number of aliphatic hydroxyl groups is 1. The first kappa shape index (κ1) is 36.5. The molecule has 2 N–H and O–H groups in total. The van der Waals surface area contributed by atoms with Crippen LogP contribution in [0.4, 0.5) is 41.6 Å². The molecule has 3 aliphatic rings. The summed E-state index contributed by atoms with van der Waals surface area (Å²) in [5, 5.41) is 12.5. The molecule has 10 nitrogen and oxygen atoms in total. The fourth-order valence-corrected chi connectivity index (χ4v) is 6.12. The molecule has 3 heterocycles. The molecule has 5 rings (SSSR count). The van der Waals surface area contributed by atoms with Gasteiger partial charge in [0.15, 0.2) is 6.10 Å². The van der Waals surface area contributed by atoms with Crippen molar-refractivity contribution in [2.45, 2.75) is 69.1 Å². The number of hydrogen-bond acceptors (Lipinski definition) is 6. The number of fused-ring (bicyclic) bond motifs is 1. The third-order valence-electron chi connectivity index (χ3n) is 8.87. The first-order valence-electron chi connectivity index (χ1n) is 16.1. The van der Waals surface area contributed by atoms with Crippen LogP contribution in [0.5, 0.6) is 0 Å². The molecule has 2 aromatic carbocycles. The second-order valence-corrected chi connectivity index (χ2v) is 12.3. The van der Waals surface area contributed by atoms with Gasteiger partial charge in [-0.2, -0.15) is 31.3 Å². The van der Waals surface area contributed by atoms with E-state index in [4.69, 9.17) is 4.74 Å². The zero-order valence-electron chi connectivity index (χ0n) is 26.8. The van der Waals surface area contributed by atoms with E-state index in [2.05, 4.69) is 21.9 Å². The van der Waals surface area contributed by atoms with Crippen molar-refractivity contribution < 1.29 is 50.6 Å². The van der Waals surface area contributed by atoms with Crippen LogP contribution >= 0.6 is 0 Å². The van der Waals surface area contributed by atoms with Crippen LogP contribution in [0, 0.1) is 0 Å². The van der Waals surface area contributed by atoms with Crippen molar-refractivity contribution in [2.75, 3.05) is 38.0 Å². The van der Waals surface area contributed by atoms with Crippen LogP contribution in [0.1, 0.15) is 47.9 Å². The molecule has 16 heteroatoms. The lowest BCUT2D eigenvalue weighted by Crippen LogP contribution is -2.50. The van der Waals surface area contributed by atoms with E-state index in [0.717, 1.165) is 11.3 Å². The topological polar surface area (TPSA) is 115 Å². The van der Waals surface area contributed by atoms with Crippen molar-refractivity contribution in [3.05, 3.63) is 76.6 Å². The summed E-state index contributed by atoms with van der Waals surface area (Å²) < 4.78 is 86.6. The highest BCUT2D eigenvalue weighted by molar-refractivity contribution is 5.91. The average molecular weight is 708 g/mol. The highest BCUT2D eigenvalue weighted by atomic mass is 19.4. The normalized spacial score (nSPS) is 18.2. The molecule has 268 valence electrons. The molecular formula is C34H35F6N5O5. The maximum atomic E-state index is 13.5. The third kappa shape index (κ3) is 9.46. The molecule has 2 aromatic rings. The minimum atomic E-state index is -5.13. The van der Waals surface area contributed by atoms with Gasteiger partial charge in [-0.1, -0.05) is 18.2 Å². The Bertz CT molecular complexity index is 1640. The number of benzene rings is 2. The molecule has 2 fully saturated rings. The summed E-state index contributed by atoms with van der Waals surface area (Å²) in [6.07, 6.45) is -10.6. The Labute approximate surface area is 283 Å². The predicted molar refractivity (Wildman–Crippen MR) is 168 cm³/mol. The number of nitrogens with one attached hydrogen (secondary N) is 1. The molecule has 0 aliphatic carbocycles. The molecule has 2 saturated heterocycles. The Morgan fingerprint density at radius 1 is 0.960 bits per heavy atom. The van der Waals surface area contributed by atoms with Gasteiger partial charge in [0, 0.05) is 56.7 Å². The number of halogens is 6. The van der Waals surface area contributed by atoms with Crippen molar-refractivity contribution in [3.8, 4) is 0 Å². The van der Waals surface area contributed by atoms with Gasteiger partial charge in [-0.05, 0) is 73.2 Å². The van der Waals surface area contributed by atoms with E-state index in [1.165, 1.54) is 11.1 Å². The number of para-hydroxylation sites is 1. The minimum absolute atomic E-state index is 0.0367. The second-order valence-electron chi connectivity index (χ2n) is 12.3. The van der Waals surface area contributed by atoms with E-state index >= 15 is 0 Å². The van der Waals surface area contributed by atoms with Crippen LogP contribution in [0.3, 0.4) is 0 Å². The first-order chi connectivity index (χ1) is 23.7. The number of amides is 4. The molecule has 1 atom stereocenters. The van der Waals surface area contributed by atoms with Gasteiger partial charge in [-0.15, -0.1) is 0 Å². The number of urea groups is 1. The summed E-state index contributed by atoms with van der Waals surface area (Å²) in [7, 11) is 0. The number of ether oxygens (including phenoxy) is 1. The Kier molecular flexibility index (Phi) is 11.2. The Morgan fingerprint density at radius 2 is 1.60 bits per heavy atom. The van der Waals surface area contributed by atoms with Crippen molar-refractivity contribution in [1.29, 1.82) is 0 Å². The van der Waals surface area contributed by atoms with Crippen molar-refractivity contribution in [1.82, 2.24) is 14.7 Å². The van der Waals surface area contributed by atoms with E-state index in [9.17, 15) is 45.8 Å². The maximum absolute atomic E-state index is 13.5. The Morgan fingerprint density at radius 3 is 2.24 bits per heavy atom. The van der Waals surface area contributed by atoms with Gasteiger partial charge < -0.3 is 29.9 Å². The quantitative estimate of drug-likeness (QED) is 0.228. The smallest absolute Gasteiger partial charge is 0.416 e. The van der Waals surface area contributed by atoms with Gasteiger partial charge in [-0.3, -0.25) is 4.79 Å². The van der Waals surface area contributed by atoms with Gasteiger partial charge in [0.1, 0.15) is 0 Å². The molecule has 0 saturated carbocycles. The number of anilines is 1. The minimum Gasteiger partial charge on any atom is -0.435 e. The van der Waals surface area contributed by atoms with Crippen LogP contribution in [0.15, 0.2) is 59.4 Å². The number of carbonyl (C=O) groups is 3. The van der Waals surface area contributed by atoms with E-state index in [-0.39, 0.29) is 31.2 Å². The van der Waals surface area contributed by atoms with Crippen LogP contribution in [0.2, 0.25) is 0 Å². The molecule has 3 aliphatic heterocycles. The lowest BCUT2D eigenvalue weighted by Gasteiger charge is -2.37. The molecule has 50 heavy (non-hydrogen) atoms. The van der Waals surface area contributed by atoms with E-state index in [0.29, 0.717) is 63.9 Å². The van der Waals surface area contributed by atoms with Gasteiger partial charge >= 0.3 is 24.5 Å². The van der Waals surface area contributed by atoms with Crippen molar-refractivity contribution >= 4 is 29.6 Å². The van der Waals surface area contributed by atoms with Gasteiger partial charge in [0.25, 0.3) is 5.91 Å². The van der Waals surface area contributed by atoms with Crippen LogP contribution in [0.25, 0.3) is 0 Å². The molecule has 0 bridgehead atoms. The number of nitrogens with zero attached hydrogens (tertiary/aromatic N) is 4. The van der Waals surface area contributed by atoms with Gasteiger partial charge in [0.2, 0.25) is 0 Å². The lowest BCUT2D eigenvalue weighted by molar-refractivity contribution is -0.143. The average Bonchev–Trinajstić information content (AvgIpc) is 3.24. The van der Waals surface area contributed by atoms with Crippen LogP contribution in [-0.4, -0.2) is 94.7 Å². The number of hydrogen-bond donors (Lipinski definition) is 2. The van der Waals surface area contributed by atoms with E-state index in [1.54, 1.807) is 9.80 Å².